The molecule has 2 amide bonds. The predicted molar refractivity (Wildman–Crippen MR) is 67.8 cm³/mol. The van der Waals surface area contributed by atoms with Gasteiger partial charge in [-0.2, -0.15) is 5.26 Å². The molecule has 0 unspecified atom stereocenters. The van der Waals surface area contributed by atoms with Crippen LogP contribution in [0.3, 0.4) is 0 Å². The Morgan fingerprint density at radius 2 is 2.17 bits per heavy atom. The van der Waals surface area contributed by atoms with Gasteiger partial charge in [0, 0.05) is 13.5 Å². The van der Waals surface area contributed by atoms with Crippen molar-refractivity contribution in [3.63, 3.8) is 0 Å². The molecule has 6 heteroatoms. The van der Waals surface area contributed by atoms with Gasteiger partial charge in [-0.15, -0.1) is 0 Å². The molecular weight excluding hydrogens is 254 g/mol. The van der Waals surface area contributed by atoms with Gasteiger partial charge in [-0.3, -0.25) is 9.59 Å². The van der Waals surface area contributed by atoms with Crippen LogP contribution >= 0.6 is 11.6 Å². The maximum absolute atomic E-state index is 11.2. The van der Waals surface area contributed by atoms with Crippen molar-refractivity contribution in [1.82, 2.24) is 5.32 Å². The third-order valence-electron chi connectivity index (χ3n) is 2.09. The molecule has 0 aliphatic carbocycles. The Morgan fingerprint density at radius 1 is 1.44 bits per heavy atom. The lowest BCUT2D eigenvalue weighted by atomic mass is 10.2. The predicted octanol–water partition coefficient (Wildman–Crippen LogP) is 1.83. The summed E-state index contributed by atoms with van der Waals surface area (Å²) in [6.07, 6.45) is -0.218. The van der Waals surface area contributed by atoms with Crippen LogP contribution in [-0.4, -0.2) is 11.8 Å². The van der Waals surface area contributed by atoms with Crippen molar-refractivity contribution in [2.24, 2.45) is 0 Å². The highest BCUT2D eigenvalue weighted by atomic mass is 35.5. The second kappa shape index (κ2) is 6.62. The molecule has 1 rings (SSSR count). The topological polar surface area (TPSA) is 82.0 Å². The lowest BCUT2D eigenvalue weighted by molar-refractivity contribution is -0.119. The molecule has 5 nitrogen and oxygen atoms in total. The van der Waals surface area contributed by atoms with E-state index in [0.717, 1.165) is 5.56 Å². The molecule has 0 spiro atoms. The number of anilines is 1. The second-order valence-electron chi connectivity index (χ2n) is 3.61. The van der Waals surface area contributed by atoms with Gasteiger partial charge < -0.3 is 10.6 Å². The van der Waals surface area contributed by atoms with E-state index in [2.05, 4.69) is 10.6 Å². The van der Waals surface area contributed by atoms with Gasteiger partial charge in [0.25, 0.3) is 0 Å². The van der Waals surface area contributed by atoms with Gasteiger partial charge in [-0.1, -0.05) is 17.7 Å². The summed E-state index contributed by atoms with van der Waals surface area (Å²) in [6, 6.07) is 6.77. The van der Waals surface area contributed by atoms with Crippen molar-refractivity contribution in [1.29, 1.82) is 5.26 Å². The lowest BCUT2D eigenvalue weighted by Crippen LogP contribution is -2.19. The SMILES string of the molecule is CC(=O)NCc1ccc(NC(=O)CC#N)c(Cl)c1. The number of hydrogen-bond acceptors (Lipinski definition) is 3. The van der Waals surface area contributed by atoms with Crippen molar-refractivity contribution in [2.75, 3.05) is 5.32 Å². The Kier molecular flexibility index (Phi) is 5.15. The lowest BCUT2D eigenvalue weighted by Gasteiger charge is -2.08. The molecule has 2 N–H and O–H groups in total. The van der Waals surface area contributed by atoms with Gasteiger partial charge in [-0.25, -0.2) is 0 Å². The molecule has 0 saturated carbocycles. The van der Waals surface area contributed by atoms with Gasteiger partial charge in [-0.05, 0) is 17.7 Å². The first-order valence-electron chi connectivity index (χ1n) is 5.22. The number of halogens is 1. The van der Waals surface area contributed by atoms with Gasteiger partial charge in [0.15, 0.2) is 0 Å². The van der Waals surface area contributed by atoms with Gasteiger partial charge in [0.05, 0.1) is 16.8 Å². The van der Waals surface area contributed by atoms with Crippen LogP contribution in [0.5, 0.6) is 0 Å². The minimum absolute atomic E-state index is 0.127. The van der Waals surface area contributed by atoms with Crippen molar-refractivity contribution in [3.05, 3.63) is 28.8 Å². The largest absolute Gasteiger partial charge is 0.352 e. The first kappa shape index (κ1) is 14.0. The zero-order valence-electron chi connectivity index (χ0n) is 9.79. The number of carbonyl (C=O) groups is 2. The van der Waals surface area contributed by atoms with Crippen LogP contribution in [0.1, 0.15) is 18.9 Å². The van der Waals surface area contributed by atoms with E-state index in [0.29, 0.717) is 17.3 Å². The zero-order valence-corrected chi connectivity index (χ0v) is 10.5. The summed E-state index contributed by atoms with van der Waals surface area (Å²) in [5.74, 6) is -0.536. The molecule has 1 aromatic rings. The van der Waals surface area contributed by atoms with Crippen LogP contribution in [0.15, 0.2) is 18.2 Å². The number of benzene rings is 1. The highest BCUT2D eigenvalue weighted by Crippen LogP contribution is 2.23. The Balaban J connectivity index is 2.71. The van der Waals surface area contributed by atoms with E-state index >= 15 is 0 Å². The van der Waals surface area contributed by atoms with Crippen molar-refractivity contribution in [3.8, 4) is 6.07 Å². The van der Waals surface area contributed by atoms with Crippen LogP contribution in [0.4, 0.5) is 5.69 Å². The summed E-state index contributed by atoms with van der Waals surface area (Å²) in [7, 11) is 0. The molecule has 0 radical (unpaired) electrons. The average Bonchev–Trinajstić information content (AvgIpc) is 2.30. The minimum atomic E-state index is -0.408. The van der Waals surface area contributed by atoms with E-state index in [1.54, 1.807) is 24.3 Å². The normalized spacial score (nSPS) is 9.39. The fourth-order valence-corrected chi connectivity index (χ4v) is 1.51. The smallest absolute Gasteiger partial charge is 0.238 e. The quantitative estimate of drug-likeness (QED) is 0.871. The van der Waals surface area contributed by atoms with Crippen LogP contribution in [0.25, 0.3) is 0 Å². The summed E-state index contributed by atoms with van der Waals surface area (Å²) in [6.45, 7) is 1.81. The summed E-state index contributed by atoms with van der Waals surface area (Å²) < 4.78 is 0. The summed E-state index contributed by atoms with van der Waals surface area (Å²) in [5, 5.41) is 13.9. The van der Waals surface area contributed by atoms with E-state index in [-0.39, 0.29) is 12.3 Å². The molecule has 0 heterocycles. The standard InChI is InChI=1S/C12H12ClN3O2/c1-8(17)15-7-9-2-3-11(10(13)6-9)16-12(18)4-5-14/h2-3,6H,4,7H2,1H3,(H,15,17)(H,16,18). The van der Waals surface area contributed by atoms with Crippen LogP contribution in [-0.2, 0) is 16.1 Å². The molecule has 18 heavy (non-hydrogen) atoms. The summed E-state index contributed by atoms with van der Waals surface area (Å²) in [5.41, 5.74) is 1.27. The maximum Gasteiger partial charge on any atom is 0.238 e. The van der Waals surface area contributed by atoms with Crippen molar-refractivity contribution in [2.45, 2.75) is 19.9 Å². The zero-order chi connectivity index (χ0) is 13.5. The molecule has 0 bridgehead atoms. The third-order valence-corrected chi connectivity index (χ3v) is 2.40. The number of nitrogens with zero attached hydrogens (tertiary/aromatic N) is 1. The molecule has 0 fully saturated rings. The van der Waals surface area contributed by atoms with Crippen LogP contribution in [0.2, 0.25) is 5.02 Å². The fourth-order valence-electron chi connectivity index (χ4n) is 1.26. The number of amides is 2. The van der Waals surface area contributed by atoms with E-state index < -0.39 is 5.91 Å². The first-order valence-corrected chi connectivity index (χ1v) is 5.60. The maximum atomic E-state index is 11.2. The van der Waals surface area contributed by atoms with E-state index in [1.807, 2.05) is 0 Å². The molecular formula is C12H12ClN3O2. The second-order valence-corrected chi connectivity index (χ2v) is 4.01. The number of nitriles is 1. The monoisotopic (exact) mass is 265 g/mol. The van der Waals surface area contributed by atoms with Crippen molar-refractivity contribution < 1.29 is 9.59 Å². The number of rotatable bonds is 4. The Labute approximate surface area is 110 Å². The molecule has 0 aromatic heterocycles. The number of nitrogens with one attached hydrogen (secondary N) is 2. The van der Waals surface area contributed by atoms with E-state index in [1.165, 1.54) is 6.92 Å². The highest BCUT2D eigenvalue weighted by molar-refractivity contribution is 6.33. The molecule has 0 atom stereocenters. The number of hydrogen-bond donors (Lipinski definition) is 2. The molecule has 0 aliphatic rings. The Hall–Kier alpha value is -2.06. The van der Waals surface area contributed by atoms with E-state index in [4.69, 9.17) is 16.9 Å². The molecule has 0 aliphatic heterocycles. The number of carbonyl (C=O) groups excluding carboxylic acids is 2. The fraction of sp³-hybridized carbons (Fsp3) is 0.250. The Morgan fingerprint density at radius 3 is 2.72 bits per heavy atom. The molecule has 1 aromatic carbocycles. The molecule has 94 valence electrons. The highest BCUT2D eigenvalue weighted by Gasteiger charge is 2.06. The molecule has 0 saturated heterocycles. The summed E-state index contributed by atoms with van der Waals surface area (Å²) in [4.78, 5) is 22.0. The first-order chi connectivity index (χ1) is 8.52. The average molecular weight is 266 g/mol. The third kappa shape index (κ3) is 4.44. The van der Waals surface area contributed by atoms with Gasteiger partial charge >= 0.3 is 0 Å². The van der Waals surface area contributed by atoms with Gasteiger partial charge in [0.2, 0.25) is 11.8 Å². The minimum Gasteiger partial charge on any atom is -0.352 e. The van der Waals surface area contributed by atoms with E-state index in [9.17, 15) is 9.59 Å². The van der Waals surface area contributed by atoms with Crippen molar-refractivity contribution >= 4 is 29.1 Å². The van der Waals surface area contributed by atoms with Gasteiger partial charge in [0.1, 0.15) is 6.42 Å². The van der Waals surface area contributed by atoms with Crippen LogP contribution < -0.4 is 10.6 Å². The summed E-state index contributed by atoms with van der Waals surface area (Å²) >= 11 is 5.98. The van der Waals surface area contributed by atoms with Crippen LogP contribution in [0, 0.1) is 11.3 Å². The Bertz CT molecular complexity index is 509.